The molecule has 0 radical (unpaired) electrons. The van der Waals surface area contributed by atoms with Crippen molar-refractivity contribution in [1.29, 1.82) is 0 Å². The number of halogens is 3. The summed E-state index contributed by atoms with van der Waals surface area (Å²) in [7, 11) is -2.94. The first-order valence-corrected chi connectivity index (χ1v) is 12.9. The van der Waals surface area contributed by atoms with Crippen LogP contribution in [0.1, 0.15) is 21.6 Å². The number of ether oxygens (including phenoxy) is 2. The number of rotatable bonds is 8. The molecule has 0 aliphatic rings. The van der Waals surface area contributed by atoms with Gasteiger partial charge in [0.2, 0.25) is 5.91 Å². The maximum absolute atomic E-state index is 13.4. The Morgan fingerprint density at radius 1 is 1.03 bits per heavy atom. The molecule has 0 aliphatic heterocycles. The van der Waals surface area contributed by atoms with Crippen molar-refractivity contribution < 1.29 is 36.3 Å². The molecule has 4 aromatic rings. The van der Waals surface area contributed by atoms with Crippen molar-refractivity contribution in [2.24, 2.45) is 0 Å². The van der Waals surface area contributed by atoms with E-state index in [2.05, 4.69) is 4.74 Å². The molecule has 0 spiro atoms. The van der Waals surface area contributed by atoms with E-state index in [0.29, 0.717) is 38.5 Å². The van der Waals surface area contributed by atoms with Gasteiger partial charge >= 0.3 is 6.61 Å². The fourth-order valence-corrected chi connectivity index (χ4v) is 5.16. The van der Waals surface area contributed by atoms with Gasteiger partial charge in [-0.15, -0.1) is 0 Å². The summed E-state index contributed by atoms with van der Waals surface area (Å²) in [5.74, 6) is -1.17. The molecule has 198 valence electrons. The standard InChI is InChI=1S/C26H21ClF2N2O6S/c1-15-21(14-24(32)30-38(34,35)20-5-3-4-19(12-20)37-26(28)29)22-13-18(36-2)10-11-23(22)31(15)25(33)16-6-8-17(27)9-7-16/h3-13,26H,14H2,1-2H3,(H,30,32). The van der Waals surface area contributed by atoms with Crippen LogP contribution in [-0.4, -0.2) is 38.5 Å². The molecule has 0 atom stereocenters. The van der Waals surface area contributed by atoms with Gasteiger partial charge < -0.3 is 9.47 Å². The van der Waals surface area contributed by atoms with Crippen molar-refractivity contribution in [1.82, 2.24) is 9.29 Å². The minimum Gasteiger partial charge on any atom is -0.497 e. The highest BCUT2D eigenvalue weighted by molar-refractivity contribution is 7.90. The van der Waals surface area contributed by atoms with Crippen LogP contribution >= 0.6 is 11.6 Å². The Kier molecular flexibility index (Phi) is 7.70. The lowest BCUT2D eigenvalue weighted by Gasteiger charge is -2.10. The molecule has 3 aromatic carbocycles. The molecule has 38 heavy (non-hydrogen) atoms. The number of benzene rings is 3. The Labute approximate surface area is 221 Å². The van der Waals surface area contributed by atoms with Crippen LogP contribution in [0.4, 0.5) is 8.78 Å². The maximum Gasteiger partial charge on any atom is 0.387 e. The van der Waals surface area contributed by atoms with Gasteiger partial charge in [0.1, 0.15) is 11.5 Å². The van der Waals surface area contributed by atoms with Gasteiger partial charge in [-0.05, 0) is 67.1 Å². The minimum atomic E-state index is -4.41. The Morgan fingerprint density at radius 2 is 1.74 bits per heavy atom. The third kappa shape index (κ3) is 5.63. The second-order valence-corrected chi connectivity index (χ2v) is 10.3. The second-order valence-electron chi connectivity index (χ2n) is 8.15. The monoisotopic (exact) mass is 562 g/mol. The van der Waals surface area contributed by atoms with Crippen molar-refractivity contribution in [3.63, 3.8) is 0 Å². The first kappa shape index (κ1) is 27.1. The van der Waals surface area contributed by atoms with Gasteiger partial charge in [0.25, 0.3) is 15.9 Å². The van der Waals surface area contributed by atoms with E-state index >= 15 is 0 Å². The van der Waals surface area contributed by atoms with Crippen LogP contribution < -0.4 is 14.2 Å². The van der Waals surface area contributed by atoms with Crippen molar-refractivity contribution in [3.8, 4) is 11.5 Å². The van der Waals surface area contributed by atoms with Crippen molar-refractivity contribution in [2.75, 3.05) is 7.11 Å². The Balaban J connectivity index is 1.69. The number of amides is 1. The quantitative estimate of drug-likeness (QED) is 0.326. The van der Waals surface area contributed by atoms with Crippen LogP contribution in [0.25, 0.3) is 10.9 Å². The van der Waals surface area contributed by atoms with Gasteiger partial charge in [0.05, 0.1) is 23.9 Å². The molecule has 8 nitrogen and oxygen atoms in total. The van der Waals surface area contributed by atoms with Crippen LogP contribution in [0.2, 0.25) is 5.02 Å². The van der Waals surface area contributed by atoms with Gasteiger partial charge in [-0.3, -0.25) is 14.2 Å². The molecular weight excluding hydrogens is 542 g/mol. The van der Waals surface area contributed by atoms with Gasteiger partial charge in [-0.1, -0.05) is 17.7 Å². The Morgan fingerprint density at radius 3 is 2.39 bits per heavy atom. The lowest BCUT2D eigenvalue weighted by Crippen LogP contribution is -2.32. The zero-order valence-electron chi connectivity index (χ0n) is 20.1. The third-order valence-electron chi connectivity index (χ3n) is 5.76. The molecule has 4 rings (SSSR count). The van der Waals surface area contributed by atoms with E-state index in [1.807, 2.05) is 4.72 Å². The summed E-state index contributed by atoms with van der Waals surface area (Å²) in [4.78, 5) is 25.9. The molecule has 0 saturated heterocycles. The zero-order valence-corrected chi connectivity index (χ0v) is 21.6. The highest BCUT2D eigenvalue weighted by Gasteiger charge is 2.25. The molecular formula is C26H21ClF2N2O6S. The number of nitrogens with zero attached hydrogens (tertiary/aromatic N) is 1. The zero-order chi connectivity index (χ0) is 27.6. The first-order chi connectivity index (χ1) is 18.0. The normalized spacial score (nSPS) is 11.5. The number of aromatic nitrogens is 1. The molecule has 0 fully saturated rings. The molecule has 1 amide bonds. The summed E-state index contributed by atoms with van der Waals surface area (Å²) < 4.78 is 63.5. The lowest BCUT2D eigenvalue weighted by molar-refractivity contribution is -0.118. The van der Waals surface area contributed by atoms with E-state index in [0.717, 1.165) is 18.2 Å². The first-order valence-electron chi connectivity index (χ1n) is 11.1. The van der Waals surface area contributed by atoms with E-state index in [-0.39, 0.29) is 11.7 Å². The Hall–Kier alpha value is -3.96. The summed E-state index contributed by atoms with van der Waals surface area (Å²) >= 11 is 5.95. The summed E-state index contributed by atoms with van der Waals surface area (Å²) in [5.41, 5.74) is 1.68. The lowest BCUT2D eigenvalue weighted by atomic mass is 10.1. The number of carbonyl (C=O) groups is 2. The fourth-order valence-electron chi connectivity index (χ4n) is 4.02. The highest BCUT2D eigenvalue weighted by atomic mass is 35.5. The van der Waals surface area contributed by atoms with Crippen molar-refractivity contribution in [3.05, 3.63) is 88.6 Å². The van der Waals surface area contributed by atoms with Crippen LogP contribution in [0.3, 0.4) is 0 Å². The number of fused-ring (bicyclic) bond motifs is 1. The molecule has 1 heterocycles. The van der Waals surface area contributed by atoms with Gasteiger partial charge in [0, 0.05) is 27.7 Å². The van der Waals surface area contributed by atoms with E-state index in [4.69, 9.17) is 16.3 Å². The number of alkyl halides is 2. The van der Waals surface area contributed by atoms with Crippen LogP contribution in [0.15, 0.2) is 71.6 Å². The van der Waals surface area contributed by atoms with Gasteiger partial charge in [-0.2, -0.15) is 8.78 Å². The molecule has 0 saturated carbocycles. The average Bonchev–Trinajstić information content (AvgIpc) is 3.13. The number of nitrogens with one attached hydrogen (secondary N) is 1. The predicted octanol–water partition coefficient (Wildman–Crippen LogP) is 4.95. The topological polar surface area (TPSA) is 104 Å². The van der Waals surface area contributed by atoms with Crippen LogP contribution in [-0.2, 0) is 21.2 Å². The fraction of sp³-hybridized carbons (Fsp3) is 0.154. The number of methoxy groups -OCH3 is 1. The van der Waals surface area contributed by atoms with Crippen LogP contribution in [0.5, 0.6) is 11.5 Å². The molecule has 0 bridgehead atoms. The number of hydrogen-bond acceptors (Lipinski definition) is 6. The molecule has 0 unspecified atom stereocenters. The SMILES string of the molecule is COc1ccc2c(c1)c(CC(=O)NS(=O)(=O)c1cccc(OC(F)F)c1)c(C)n2C(=O)c1ccc(Cl)cc1. The second kappa shape index (κ2) is 10.8. The molecule has 0 aliphatic carbocycles. The average molecular weight is 563 g/mol. The maximum atomic E-state index is 13.4. The summed E-state index contributed by atoms with van der Waals surface area (Å²) in [6.07, 6.45) is -0.400. The van der Waals surface area contributed by atoms with Crippen molar-refractivity contribution >= 4 is 44.3 Å². The van der Waals surface area contributed by atoms with Gasteiger partial charge in [0.15, 0.2) is 0 Å². The smallest absolute Gasteiger partial charge is 0.387 e. The summed E-state index contributed by atoms with van der Waals surface area (Å²) in [5, 5.41) is 0.981. The van der Waals surface area contributed by atoms with E-state index < -0.39 is 33.9 Å². The van der Waals surface area contributed by atoms with E-state index in [1.165, 1.54) is 17.7 Å². The summed E-state index contributed by atoms with van der Waals surface area (Å²) in [6.45, 7) is -1.50. The highest BCUT2D eigenvalue weighted by Crippen LogP contribution is 2.31. The number of hydrogen-bond donors (Lipinski definition) is 1. The predicted molar refractivity (Wildman–Crippen MR) is 137 cm³/mol. The largest absolute Gasteiger partial charge is 0.497 e. The van der Waals surface area contributed by atoms with Crippen LogP contribution in [0, 0.1) is 6.92 Å². The number of carbonyl (C=O) groups excluding carboxylic acids is 2. The van der Waals surface area contributed by atoms with Gasteiger partial charge in [-0.25, -0.2) is 13.1 Å². The van der Waals surface area contributed by atoms with Crippen molar-refractivity contribution in [2.45, 2.75) is 24.9 Å². The summed E-state index contributed by atoms with van der Waals surface area (Å²) in [6, 6.07) is 15.7. The van der Waals surface area contributed by atoms with E-state index in [1.54, 1.807) is 49.4 Å². The molecule has 1 aromatic heterocycles. The molecule has 12 heteroatoms. The van der Waals surface area contributed by atoms with E-state index in [9.17, 15) is 26.8 Å². The molecule has 1 N–H and O–H groups in total. The number of sulfonamides is 1. The minimum absolute atomic E-state index is 0.356. The Bertz CT molecular complexity index is 1640. The third-order valence-corrected chi connectivity index (χ3v) is 7.39.